The summed E-state index contributed by atoms with van der Waals surface area (Å²) in [6.45, 7) is 7.54. The fraction of sp³-hybridized carbons (Fsp3) is 0.611. The van der Waals surface area contributed by atoms with Crippen LogP contribution in [0.15, 0.2) is 0 Å². The van der Waals surface area contributed by atoms with E-state index in [1.165, 1.54) is 11.3 Å². The number of hydrogen-bond acceptors (Lipinski definition) is 5. The lowest BCUT2D eigenvalue weighted by Crippen LogP contribution is -3.14. The SMILES string of the molecule is CCNC(=O)C[NH+](CC)CC(=O)Nc1sc2c(c1C(=O)OCC)CCC2. The fourth-order valence-electron chi connectivity index (χ4n) is 3.11. The molecule has 1 unspecified atom stereocenters. The van der Waals surface area contributed by atoms with Crippen molar-refractivity contribution in [3.63, 3.8) is 0 Å². The van der Waals surface area contributed by atoms with Crippen molar-refractivity contribution in [2.75, 3.05) is 38.1 Å². The van der Waals surface area contributed by atoms with Gasteiger partial charge in [-0.25, -0.2) is 4.79 Å². The molecule has 0 saturated heterocycles. The summed E-state index contributed by atoms with van der Waals surface area (Å²) in [5.41, 5.74) is 1.53. The van der Waals surface area contributed by atoms with Gasteiger partial charge in [-0.3, -0.25) is 9.59 Å². The predicted molar refractivity (Wildman–Crippen MR) is 101 cm³/mol. The second-order valence-corrected chi connectivity index (χ2v) is 7.35. The Balaban J connectivity index is 2.06. The normalized spacial score (nSPS) is 13.8. The molecule has 3 N–H and O–H groups in total. The highest BCUT2D eigenvalue weighted by molar-refractivity contribution is 7.17. The molecule has 0 aromatic carbocycles. The van der Waals surface area contributed by atoms with E-state index in [4.69, 9.17) is 4.74 Å². The van der Waals surface area contributed by atoms with Crippen LogP contribution < -0.4 is 15.5 Å². The summed E-state index contributed by atoms with van der Waals surface area (Å²) in [4.78, 5) is 38.6. The Morgan fingerprint density at radius 2 is 1.85 bits per heavy atom. The summed E-state index contributed by atoms with van der Waals surface area (Å²) in [5, 5.41) is 6.20. The standard InChI is InChI=1S/C18H27N3O4S/c1-4-19-14(22)10-21(5-2)11-15(23)20-17-16(18(24)25-6-3)12-8-7-9-13(12)26-17/h4-11H2,1-3H3,(H,19,22)(H,20,23)/p+1. The van der Waals surface area contributed by atoms with Crippen molar-refractivity contribution in [1.82, 2.24) is 5.32 Å². The van der Waals surface area contributed by atoms with Crippen LogP contribution >= 0.6 is 11.3 Å². The Hall–Kier alpha value is -1.93. The lowest BCUT2D eigenvalue weighted by atomic mass is 10.1. The molecule has 0 bridgehead atoms. The summed E-state index contributed by atoms with van der Waals surface area (Å²) >= 11 is 1.47. The van der Waals surface area contributed by atoms with Crippen LogP contribution in [-0.4, -0.2) is 50.6 Å². The molecule has 0 fully saturated rings. The van der Waals surface area contributed by atoms with Crippen LogP contribution in [0.3, 0.4) is 0 Å². The van der Waals surface area contributed by atoms with Crippen LogP contribution in [0.1, 0.15) is 48.0 Å². The van der Waals surface area contributed by atoms with Gasteiger partial charge in [0, 0.05) is 11.4 Å². The Labute approximate surface area is 158 Å². The number of aryl methyl sites for hydroxylation is 1. The molecule has 0 aliphatic heterocycles. The van der Waals surface area contributed by atoms with Gasteiger partial charge in [-0.15, -0.1) is 11.3 Å². The molecule has 26 heavy (non-hydrogen) atoms. The molecule has 1 aromatic rings. The summed E-state index contributed by atoms with van der Waals surface area (Å²) in [6, 6.07) is 0. The Bertz CT molecular complexity index is 672. The Morgan fingerprint density at radius 1 is 1.12 bits per heavy atom. The van der Waals surface area contributed by atoms with Crippen LogP contribution in [0.2, 0.25) is 0 Å². The number of hydrogen-bond donors (Lipinski definition) is 3. The first-order chi connectivity index (χ1) is 12.5. The molecule has 8 heteroatoms. The molecule has 1 heterocycles. The molecule has 2 amide bonds. The zero-order chi connectivity index (χ0) is 19.1. The number of likely N-dealkylation sites (N-methyl/N-ethyl adjacent to an activating group) is 2. The number of amides is 2. The fourth-order valence-corrected chi connectivity index (χ4v) is 4.40. The van der Waals surface area contributed by atoms with E-state index in [0.29, 0.717) is 30.3 Å². The van der Waals surface area contributed by atoms with Crippen LogP contribution in [0.4, 0.5) is 5.00 Å². The number of thiophene rings is 1. The minimum Gasteiger partial charge on any atom is -0.462 e. The van der Waals surface area contributed by atoms with Gasteiger partial charge in [-0.2, -0.15) is 0 Å². The summed E-state index contributed by atoms with van der Waals surface area (Å²) in [6.07, 6.45) is 2.81. The molecule has 1 atom stereocenters. The van der Waals surface area contributed by atoms with Crippen molar-refractivity contribution in [2.24, 2.45) is 0 Å². The van der Waals surface area contributed by atoms with E-state index in [9.17, 15) is 14.4 Å². The predicted octanol–water partition coefficient (Wildman–Crippen LogP) is 0.393. The lowest BCUT2D eigenvalue weighted by Gasteiger charge is -2.16. The van der Waals surface area contributed by atoms with Crippen molar-refractivity contribution < 1.29 is 24.0 Å². The highest BCUT2D eigenvalue weighted by Gasteiger charge is 2.29. The minimum atomic E-state index is -0.371. The first-order valence-corrected chi connectivity index (χ1v) is 10.0. The molecular formula is C18H28N3O4S+. The second kappa shape index (κ2) is 9.68. The maximum Gasteiger partial charge on any atom is 0.341 e. The van der Waals surface area contributed by atoms with Crippen LogP contribution in [0.25, 0.3) is 0 Å². The lowest BCUT2D eigenvalue weighted by molar-refractivity contribution is -0.881. The van der Waals surface area contributed by atoms with Gasteiger partial charge in [-0.05, 0) is 45.6 Å². The number of rotatable bonds is 9. The first kappa shape index (κ1) is 20.4. The highest BCUT2D eigenvalue weighted by atomic mass is 32.1. The van der Waals surface area contributed by atoms with Crippen molar-refractivity contribution in [3.8, 4) is 0 Å². The van der Waals surface area contributed by atoms with Crippen molar-refractivity contribution in [1.29, 1.82) is 0 Å². The molecule has 0 radical (unpaired) electrons. The van der Waals surface area contributed by atoms with Crippen molar-refractivity contribution in [3.05, 3.63) is 16.0 Å². The van der Waals surface area contributed by atoms with Gasteiger partial charge in [0.15, 0.2) is 13.1 Å². The zero-order valence-corrected chi connectivity index (χ0v) is 16.5. The number of esters is 1. The molecule has 144 valence electrons. The Morgan fingerprint density at radius 3 is 2.50 bits per heavy atom. The number of carbonyl (C=O) groups is 3. The van der Waals surface area contributed by atoms with E-state index in [2.05, 4.69) is 10.6 Å². The molecule has 1 aliphatic carbocycles. The van der Waals surface area contributed by atoms with Gasteiger partial charge in [0.2, 0.25) is 0 Å². The first-order valence-electron chi connectivity index (χ1n) is 9.21. The molecule has 0 spiro atoms. The van der Waals surface area contributed by atoms with Gasteiger partial charge in [-0.1, -0.05) is 0 Å². The minimum absolute atomic E-state index is 0.0699. The van der Waals surface area contributed by atoms with Crippen molar-refractivity contribution >= 4 is 34.1 Å². The molecule has 0 saturated carbocycles. The Kier molecular flexibility index (Phi) is 7.59. The van der Waals surface area contributed by atoms with Crippen LogP contribution in [-0.2, 0) is 27.2 Å². The third-order valence-corrected chi connectivity index (χ3v) is 5.56. The zero-order valence-electron chi connectivity index (χ0n) is 15.7. The van der Waals surface area contributed by atoms with E-state index in [1.54, 1.807) is 6.92 Å². The quantitative estimate of drug-likeness (QED) is 0.539. The monoisotopic (exact) mass is 382 g/mol. The van der Waals surface area contributed by atoms with E-state index < -0.39 is 0 Å². The number of ether oxygens (including phenoxy) is 1. The molecular weight excluding hydrogens is 354 g/mol. The molecule has 7 nitrogen and oxygen atoms in total. The van der Waals surface area contributed by atoms with Gasteiger partial charge >= 0.3 is 5.97 Å². The van der Waals surface area contributed by atoms with E-state index in [-0.39, 0.29) is 30.9 Å². The number of quaternary nitrogens is 1. The van der Waals surface area contributed by atoms with E-state index in [1.807, 2.05) is 13.8 Å². The van der Waals surface area contributed by atoms with E-state index >= 15 is 0 Å². The topological polar surface area (TPSA) is 88.9 Å². The van der Waals surface area contributed by atoms with Gasteiger partial charge in [0.25, 0.3) is 11.8 Å². The smallest absolute Gasteiger partial charge is 0.341 e. The van der Waals surface area contributed by atoms with E-state index in [0.717, 1.165) is 34.6 Å². The number of fused-ring (bicyclic) bond motifs is 1. The maximum absolute atomic E-state index is 12.5. The summed E-state index contributed by atoms with van der Waals surface area (Å²) < 4.78 is 5.17. The van der Waals surface area contributed by atoms with Crippen molar-refractivity contribution in [2.45, 2.75) is 40.0 Å². The average molecular weight is 383 g/mol. The largest absolute Gasteiger partial charge is 0.462 e. The summed E-state index contributed by atoms with van der Waals surface area (Å²) in [5.74, 6) is -0.639. The van der Waals surface area contributed by atoms with Gasteiger partial charge in [0.1, 0.15) is 5.00 Å². The van der Waals surface area contributed by atoms with Gasteiger partial charge < -0.3 is 20.3 Å². The molecule has 2 rings (SSSR count). The third-order valence-electron chi connectivity index (χ3n) is 4.35. The highest BCUT2D eigenvalue weighted by Crippen LogP contribution is 2.39. The number of nitrogens with one attached hydrogen (secondary N) is 3. The molecule has 1 aromatic heterocycles. The third kappa shape index (κ3) is 5.04. The maximum atomic E-state index is 12.5. The number of carbonyl (C=O) groups excluding carboxylic acids is 3. The van der Waals surface area contributed by atoms with Crippen LogP contribution in [0, 0.1) is 0 Å². The van der Waals surface area contributed by atoms with Gasteiger partial charge in [0.05, 0.1) is 18.7 Å². The average Bonchev–Trinajstić information content (AvgIpc) is 3.14. The summed E-state index contributed by atoms with van der Waals surface area (Å²) in [7, 11) is 0. The van der Waals surface area contributed by atoms with Crippen LogP contribution in [0.5, 0.6) is 0 Å². The number of anilines is 1. The molecule has 1 aliphatic rings. The second-order valence-electron chi connectivity index (χ2n) is 6.24.